The highest BCUT2D eigenvalue weighted by atomic mass is 16.5. The number of nitrogens with one attached hydrogen (secondary N) is 1. The molecule has 2 aromatic carbocycles. The minimum absolute atomic E-state index is 0.172. The van der Waals surface area contributed by atoms with Gasteiger partial charge in [-0.2, -0.15) is 0 Å². The van der Waals surface area contributed by atoms with Gasteiger partial charge in [-0.25, -0.2) is 0 Å². The number of nitrogens with two attached hydrogens (primary N) is 1. The summed E-state index contributed by atoms with van der Waals surface area (Å²) in [6, 6.07) is 17.0. The molecule has 1 aliphatic heterocycles. The second-order valence-electron chi connectivity index (χ2n) is 11.7. The second kappa shape index (κ2) is 16.2. The van der Waals surface area contributed by atoms with Crippen molar-refractivity contribution in [2.75, 3.05) is 26.3 Å². The van der Waals surface area contributed by atoms with Crippen LogP contribution in [0.2, 0.25) is 0 Å². The van der Waals surface area contributed by atoms with Gasteiger partial charge in [0.15, 0.2) is 0 Å². The molecule has 1 heterocycles. The number of likely N-dealkylation sites (tertiary alicyclic amines) is 1. The molecule has 3 rings (SSSR count). The maximum absolute atomic E-state index is 13.9. The molecule has 1 aliphatic rings. The van der Waals surface area contributed by atoms with Gasteiger partial charge < -0.3 is 25.4 Å². The molecule has 1 saturated heterocycles. The number of hydrogen-bond acceptors (Lipinski definition) is 7. The Morgan fingerprint density at radius 3 is 2.33 bits per heavy atom. The maximum Gasteiger partial charge on any atom is 0.311 e. The Hall–Kier alpha value is -3.72. The minimum atomic E-state index is -1.15. The number of carbonyl (C=O) groups is 4. The van der Waals surface area contributed by atoms with E-state index in [0.717, 1.165) is 23.1 Å². The first-order valence-electron chi connectivity index (χ1n) is 15.4. The standard InChI is InChI=1S/C34H47N3O6/c1-5-42-30(38)20-19-25-16-10-11-17-26(25)27-21-22-37(23-28(27)32(40)43-6-2)31(39)29(36-33(41)34(3,4)35)18-12-15-24-13-8-7-9-14-24/h7-11,13-14,16-17,27-29H,5-6,12,15,18-23,35H2,1-4H3,(H,36,41)/t27?,28?,29-/m1/s1. The number of benzene rings is 2. The summed E-state index contributed by atoms with van der Waals surface area (Å²) in [5.41, 5.74) is 8.02. The topological polar surface area (TPSA) is 128 Å². The SMILES string of the molecule is CCOC(=O)CCc1ccccc1C1CCN(C(=O)[C@@H](CCCc2ccccc2)NC(=O)C(C)(C)N)CC1C(=O)OCC. The van der Waals surface area contributed by atoms with E-state index in [1.54, 1.807) is 32.6 Å². The van der Waals surface area contributed by atoms with Gasteiger partial charge in [0, 0.05) is 25.4 Å². The van der Waals surface area contributed by atoms with Crippen molar-refractivity contribution in [3.63, 3.8) is 0 Å². The number of ether oxygens (including phenoxy) is 2. The maximum atomic E-state index is 13.9. The van der Waals surface area contributed by atoms with E-state index < -0.39 is 23.4 Å². The molecular formula is C34H47N3O6. The summed E-state index contributed by atoms with van der Waals surface area (Å²) in [5.74, 6) is -2.03. The molecular weight excluding hydrogens is 546 g/mol. The summed E-state index contributed by atoms with van der Waals surface area (Å²) in [6.45, 7) is 7.90. The van der Waals surface area contributed by atoms with Crippen molar-refractivity contribution < 1.29 is 28.7 Å². The Labute approximate surface area is 255 Å². The fraction of sp³-hybridized carbons (Fsp3) is 0.529. The van der Waals surface area contributed by atoms with E-state index in [-0.39, 0.29) is 43.3 Å². The second-order valence-corrected chi connectivity index (χ2v) is 11.7. The average Bonchev–Trinajstić information content (AvgIpc) is 2.99. The van der Waals surface area contributed by atoms with Crippen LogP contribution in [0, 0.1) is 5.92 Å². The van der Waals surface area contributed by atoms with Gasteiger partial charge in [-0.3, -0.25) is 19.2 Å². The largest absolute Gasteiger partial charge is 0.466 e. The summed E-state index contributed by atoms with van der Waals surface area (Å²) in [6.07, 6.45) is 3.18. The van der Waals surface area contributed by atoms with E-state index in [9.17, 15) is 19.2 Å². The van der Waals surface area contributed by atoms with Crippen molar-refractivity contribution in [3.8, 4) is 0 Å². The predicted molar refractivity (Wildman–Crippen MR) is 165 cm³/mol. The van der Waals surface area contributed by atoms with Crippen LogP contribution in [0.5, 0.6) is 0 Å². The zero-order valence-corrected chi connectivity index (χ0v) is 26.0. The summed E-state index contributed by atoms with van der Waals surface area (Å²) in [4.78, 5) is 53.8. The summed E-state index contributed by atoms with van der Waals surface area (Å²) >= 11 is 0. The van der Waals surface area contributed by atoms with E-state index in [1.807, 2.05) is 54.6 Å². The molecule has 2 aromatic rings. The number of piperidine rings is 1. The van der Waals surface area contributed by atoms with Crippen molar-refractivity contribution in [3.05, 3.63) is 71.3 Å². The molecule has 234 valence electrons. The lowest BCUT2D eigenvalue weighted by Crippen LogP contribution is -2.58. The van der Waals surface area contributed by atoms with E-state index >= 15 is 0 Å². The molecule has 0 aromatic heterocycles. The van der Waals surface area contributed by atoms with Crippen LogP contribution in [0.25, 0.3) is 0 Å². The van der Waals surface area contributed by atoms with E-state index in [4.69, 9.17) is 15.2 Å². The number of carbonyl (C=O) groups excluding carboxylic acids is 4. The van der Waals surface area contributed by atoms with Crippen LogP contribution in [0.4, 0.5) is 0 Å². The molecule has 0 spiro atoms. The lowest BCUT2D eigenvalue weighted by atomic mass is 9.77. The van der Waals surface area contributed by atoms with Crippen molar-refractivity contribution in [2.24, 2.45) is 11.7 Å². The van der Waals surface area contributed by atoms with Gasteiger partial charge >= 0.3 is 11.9 Å². The molecule has 3 N–H and O–H groups in total. The monoisotopic (exact) mass is 593 g/mol. The molecule has 1 fully saturated rings. The van der Waals surface area contributed by atoms with Crippen LogP contribution in [-0.4, -0.2) is 66.5 Å². The van der Waals surface area contributed by atoms with Crippen LogP contribution in [0.15, 0.2) is 54.6 Å². The fourth-order valence-electron chi connectivity index (χ4n) is 5.58. The number of amides is 2. The quantitative estimate of drug-likeness (QED) is 0.318. The van der Waals surface area contributed by atoms with E-state index in [2.05, 4.69) is 5.32 Å². The molecule has 0 aliphatic carbocycles. The van der Waals surface area contributed by atoms with Gasteiger partial charge in [0.05, 0.1) is 24.7 Å². The first-order chi connectivity index (χ1) is 20.5. The molecule has 2 unspecified atom stereocenters. The summed E-state index contributed by atoms with van der Waals surface area (Å²) < 4.78 is 10.6. The Balaban J connectivity index is 1.81. The van der Waals surface area contributed by atoms with Gasteiger partial charge in [0.25, 0.3) is 0 Å². The molecule has 0 radical (unpaired) electrons. The predicted octanol–water partition coefficient (Wildman–Crippen LogP) is 3.92. The molecule has 9 heteroatoms. The average molecular weight is 594 g/mol. The number of esters is 2. The van der Waals surface area contributed by atoms with Crippen LogP contribution < -0.4 is 11.1 Å². The van der Waals surface area contributed by atoms with Crippen molar-refractivity contribution in [1.82, 2.24) is 10.2 Å². The molecule has 0 saturated carbocycles. The van der Waals surface area contributed by atoms with Gasteiger partial charge in [-0.15, -0.1) is 0 Å². The molecule has 43 heavy (non-hydrogen) atoms. The lowest BCUT2D eigenvalue weighted by molar-refractivity contribution is -0.153. The number of nitrogens with zero attached hydrogens (tertiary/aromatic N) is 1. The normalized spacial score (nSPS) is 17.6. The Kier molecular flexibility index (Phi) is 12.7. The minimum Gasteiger partial charge on any atom is -0.466 e. The molecule has 2 amide bonds. The lowest BCUT2D eigenvalue weighted by Gasteiger charge is -2.40. The van der Waals surface area contributed by atoms with Crippen LogP contribution >= 0.6 is 0 Å². The number of rotatable bonds is 14. The molecule has 9 nitrogen and oxygen atoms in total. The smallest absolute Gasteiger partial charge is 0.311 e. The first kappa shape index (κ1) is 33.8. The fourth-order valence-corrected chi connectivity index (χ4v) is 5.58. The van der Waals surface area contributed by atoms with Gasteiger partial charge in [0.1, 0.15) is 6.04 Å². The van der Waals surface area contributed by atoms with Crippen molar-refractivity contribution >= 4 is 23.8 Å². The van der Waals surface area contributed by atoms with Gasteiger partial charge in [-0.05, 0) is 76.5 Å². The zero-order valence-electron chi connectivity index (χ0n) is 26.0. The Bertz CT molecular complexity index is 1230. The highest BCUT2D eigenvalue weighted by molar-refractivity contribution is 5.91. The van der Waals surface area contributed by atoms with Crippen LogP contribution in [0.3, 0.4) is 0 Å². The van der Waals surface area contributed by atoms with Gasteiger partial charge in [-0.1, -0.05) is 54.6 Å². The zero-order chi connectivity index (χ0) is 31.4. The van der Waals surface area contributed by atoms with Crippen molar-refractivity contribution in [2.45, 2.75) is 83.7 Å². The number of aryl methyl sites for hydroxylation is 2. The van der Waals surface area contributed by atoms with E-state index in [1.165, 1.54) is 0 Å². The number of hydrogen-bond donors (Lipinski definition) is 2. The Morgan fingerprint density at radius 2 is 1.65 bits per heavy atom. The molecule has 3 atom stereocenters. The third-order valence-corrected chi connectivity index (χ3v) is 7.86. The first-order valence-corrected chi connectivity index (χ1v) is 15.4. The summed E-state index contributed by atoms with van der Waals surface area (Å²) in [5, 5.41) is 2.88. The highest BCUT2D eigenvalue weighted by Gasteiger charge is 2.40. The van der Waals surface area contributed by atoms with Crippen molar-refractivity contribution in [1.29, 1.82) is 0 Å². The highest BCUT2D eigenvalue weighted by Crippen LogP contribution is 2.36. The van der Waals surface area contributed by atoms with Gasteiger partial charge in [0.2, 0.25) is 11.8 Å². The van der Waals surface area contributed by atoms with E-state index in [0.29, 0.717) is 38.8 Å². The Morgan fingerprint density at radius 1 is 0.977 bits per heavy atom. The third kappa shape index (κ3) is 9.92. The molecule has 0 bridgehead atoms. The van der Waals surface area contributed by atoms with Crippen LogP contribution in [0.1, 0.15) is 76.0 Å². The van der Waals surface area contributed by atoms with Crippen LogP contribution in [-0.2, 0) is 41.5 Å². The third-order valence-electron chi connectivity index (χ3n) is 7.86. The summed E-state index contributed by atoms with van der Waals surface area (Å²) in [7, 11) is 0.